The number of aromatic nitrogens is 2. The average molecular weight is 360 g/mol. The summed E-state index contributed by atoms with van der Waals surface area (Å²) in [6, 6.07) is 5.50. The van der Waals surface area contributed by atoms with Crippen molar-refractivity contribution in [2.75, 3.05) is 6.54 Å². The third-order valence-corrected chi connectivity index (χ3v) is 4.70. The van der Waals surface area contributed by atoms with Crippen LogP contribution in [0.25, 0.3) is 0 Å². The monoisotopic (exact) mass is 360 g/mol. The summed E-state index contributed by atoms with van der Waals surface area (Å²) in [7, 11) is 0. The smallest absolute Gasteiger partial charge is 0.355 e. The van der Waals surface area contributed by atoms with Crippen LogP contribution in [0.15, 0.2) is 29.8 Å². The van der Waals surface area contributed by atoms with Gasteiger partial charge < -0.3 is 15.3 Å². The number of hydrogen-bond donors (Lipinski definition) is 2. The van der Waals surface area contributed by atoms with Gasteiger partial charge in [0, 0.05) is 24.5 Å². The fraction of sp³-hybridized carbons (Fsp3) is 0.312. The van der Waals surface area contributed by atoms with Crippen molar-refractivity contribution < 1.29 is 19.5 Å². The lowest BCUT2D eigenvalue weighted by atomic mass is 10.1. The van der Waals surface area contributed by atoms with Crippen LogP contribution in [0, 0.1) is 5.92 Å². The zero-order valence-corrected chi connectivity index (χ0v) is 14.0. The maximum Gasteiger partial charge on any atom is 0.355 e. The van der Waals surface area contributed by atoms with Gasteiger partial charge in [0.15, 0.2) is 5.69 Å². The number of nitrogens with zero attached hydrogens (tertiary/aromatic N) is 3. The molecule has 0 radical (unpaired) electrons. The summed E-state index contributed by atoms with van der Waals surface area (Å²) in [6.45, 7) is 0.888. The topological polar surface area (TPSA) is 112 Å². The maximum absolute atomic E-state index is 12.3. The predicted octanol–water partition coefficient (Wildman–Crippen LogP) is 0.901. The van der Waals surface area contributed by atoms with E-state index in [9.17, 15) is 14.4 Å². The van der Waals surface area contributed by atoms with Crippen molar-refractivity contribution in [3.8, 4) is 0 Å². The van der Waals surface area contributed by atoms with Gasteiger partial charge in [-0.1, -0.05) is 6.07 Å². The summed E-state index contributed by atoms with van der Waals surface area (Å²) in [5.74, 6) is -1.83. The Morgan fingerprint density at radius 1 is 1.40 bits per heavy atom. The van der Waals surface area contributed by atoms with Crippen LogP contribution < -0.4 is 5.32 Å². The first-order valence-electron chi connectivity index (χ1n) is 7.66. The van der Waals surface area contributed by atoms with E-state index in [4.69, 9.17) is 5.11 Å². The highest BCUT2D eigenvalue weighted by molar-refractivity contribution is 7.09. The van der Waals surface area contributed by atoms with E-state index in [1.54, 1.807) is 17.2 Å². The van der Waals surface area contributed by atoms with Gasteiger partial charge in [0.25, 0.3) is 0 Å². The molecule has 1 aliphatic rings. The Labute approximate surface area is 147 Å². The Morgan fingerprint density at radius 3 is 2.92 bits per heavy atom. The largest absolute Gasteiger partial charge is 0.476 e. The van der Waals surface area contributed by atoms with E-state index in [-0.39, 0.29) is 30.5 Å². The van der Waals surface area contributed by atoms with Crippen LogP contribution in [0.2, 0.25) is 0 Å². The van der Waals surface area contributed by atoms with Gasteiger partial charge in [-0.05, 0) is 12.1 Å². The van der Waals surface area contributed by atoms with Gasteiger partial charge in [-0.2, -0.15) is 0 Å². The molecule has 25 heavy (non-hydrogen) atoms. The highest BCUT2D eigenvalue weighted by Gasteiger charge is 2.34. The number of hydrogen-bond acceptors (Lipinski definition) is 6. The number of carboxylic acids is 1. The molecule has 1 atom stereocenters. The number of likely N-dealkylation sites (tertiary alicyclic amines) is 1. The van der Waals surface area contributed by atoms with Crippen LogP contribution in [0.3, 0.4) is 0 Å². The van der Waals surface area contributed by atoms with Crippen molar-refractivity contribution >= 4 is 29.1 Å². The number of pyridine rings is 1. The number of nitrogens with one attached hydrogen (secondary N) is 1. The van der Waals surface area contributed by atoms with E-state index in [1.165, 1.54) is 16.7 Å². The Morgan fingerprint density at radius 2 is 2.24 bits per heavy atom. The molecule has 2 amide bonds. The first kappa shape index (κ1) is 17.0. The molecule has 0 spiro atoms. The molecule has 1 saturated heterocycles. The molecule has 3 rings (SSSR count). The van der Waals surface area contributed by atoms with Crippen molar-refractivity contribution in [1.82, 2.24) is 20.2 Å². The lowest BCUT2D eigenvalue weighted by Crippen LogP contribution is -2.32. The fourth-order valence-electron chi connectivity index (χ4n) is 2.59. The van der Waals surface area contributed by atoms with Gasteiger partial charge in [0.1, 0.15) is 5.01 Å². The lowest BCUT2D eigenvalue weighted by Gasteiger charge is -2.15. The summed E-state index contributed by atoms with van der Waals surface area (Å²) in [4.78, 5) is 44.9. The molecule has 1 aliphatic heterocycles. The minimum Gasteiger partial charge on any atom is -0.476 e. The van der Waals surface area contributed by atoms with Gasteiger partial charge in [-0.3, -0.25) is 14.6 Å². The molecule has 2 N–H and O–H groups in total. The van der Waals surface area contributed by atoms with Crippen molar-refractivity contribution in [2.24, 2.45) is 5.92 Å². The molecule has 0 bridgehead atoms. The summed E-state index contributed by atoms with van der Waals surface area (Å²) < 4.78 is 0. The Hall–Kier alpha value is -2.81. The number of thiazole rings is 1. The second kappa shape index (κ2) is 7.39. The fourth-order valence-corrected chi connectivity index (χ4v) is 3.29. The molecule has 2 aromatic rings. The molecule has 8 nitrogen and oxygen atoms in total. The van der Waals surface area contributed by atoms with Crippen molar-refractivity contribution in [2.45, 2.75) is 19.5 Å². The number of aromatic carboxylic acids is 1. The van der Waals surface area contributed by atoms with E-state index in [0.29, 0.717) is 18.1 Å². The zero-order chi connectivity index (χ0) is 17.8. The van der Waals surface area contributed by atoms with E-state index >= 15 is 0 Å². The summed E-state index contributed by atoms with van der Waals surface area (Å²) in [6.07, 6.45) is 1.83. The Bertz CT molecular complexity index is 792. The minimum atomic E-state index is -1.10. The molecule has 0 aromatic carbocycles. The average Bonchev–Trinajstić information content (AvgIpc) is 3.21. The van der Waals surface area contributed by atoms with Crippen molar-refractivity contribution in [1.29, 1.82) is 0 Å². The number of amides is 2. The predicted molar refractivity (Wildman–Crippen MR) is 88.7 cm³/mol. The lowest BCUT2D eigenvalue weighted by molar-refractivity contribution is -0.129. The minimum absolute atomic E-state index is 0.0353. The summed E-state index contributed by atoms with van der Waals surface area (Å²) in [5.41, 5.74) is 0.743. The number of rotatable bonds is 6. The van der Waals surface area contributed by atoms with E-state index < -0.39 is 11.9 Å². The van der Waals surface area contributed by atoms with Gasteiger partial charge in [-0.25, -0.2) is 9.78 Å². The molecular weight excluding hydrogens is 344 g/mol. The number of carbonyl (C=O) groups is 3. The molecular formula is C16H16N4O4S. The highest BCUT2D eigenvalue weighted by atomic mass is 32.1. The van der Waals surface area contributed by atoms with Crippen LogP contribution in [0.5, 0.6) is 0 Å². The van der Waals surface area contributed by atoms with E-state index in [1.807, 2.05) is 12.1 Å². The second-order valence-electron chi connectivity index (χ2n) is 5.65. The highest BCUT2D eigenvalue weighted by Crippen LogP contribution is 2.20. The maximum atomic E-state index is 12.3. The molecule has 130 valence electrons. The SMILES string of the molecule is O=C(O)c1csc(CNC(=O)[C@H]2CC(=O)N(Cc3ccccn3)C2)n1. The van der Waals surface area contributed by atoms with E-state index in [2.05, 4.69) is 15.3 Å². The standard InChI is InChI=1S/C16H16N4O4S/c21-14-5-10(7-20(14)8-11-3-1-2-4-17-11)15(22)18-6-13-19-12(9-25-13)16(23)24/h1-4,9-10H,5-8H2,(H,18,22)(H,23,24)/t10-/m0/s1. The third kappa shape index (κ3) is 4.18. The molecule has 0 unspecified atom stereocenters. The van der Waals surface area contributed by atoms with Crippen LogP contribution in [0.4, 0.5) is 0 Å². The molecule has 0 aliphatic carbocycles. The first-order valence-corrected chi connectivity index (χ1v) is 8.54. The van der Waals surface area contributed by atoms with Gasteiger partial charge in [0.05, 0.1) is 24.7 Å². The normalized spacial score (nSPS) is 16.9. The van der Waals surface area contributed by atoms with Gasteiger partial charge in [-0.15, -0.1) is 11.3 Å². The summed E-state index contributed by atoms with van der Waals surface area (Å²) in [5, 5.41) is 13.5. The zero-order valence-electron chi connectivity index (χ0n) is 13.2. The second-order valence-corrected chi connectivity index (χ2v) is 6.59. The Balaban J connectivity index is 1.52. The molecule has 9 heteroatoms. The van der Waals surface area contributed by atoms with Crippen LogP contribution in [-0.4, -0.2) is 44.3 Å². The number of carbonyl (C=O) groups excluding carboxylic acids is 2. The molecule has 2 aromatic heterocycles. The quantitative estimate of drug-likeness (QED) is 0.791. The van der Waals surface area contributed by atoms with Crippen molar-refractivity contribution in [3.63, 3.8) is 0 Å². The Kier molecular flexibility index (Phi) is 5.03. The third-order valence-electron chi connectivity index (χ3n) is 3.85. The van der Waals surface area contributed by atoms with Gasteiger partial charge >= 0.3 is 5.97 Å². The van der Waals surface area contributed by atoms with Gasteiger partial charge in [0.2, 0.25) is 11.8 Å². The number of carboxylic acid groups (broad SMARTS) is 1. The molecule has 0 saturated carbocycles. The van der Waals surface area contributed by atoms with E-state index in [0.717, 1.165) is 5.69 Å². The summed E-state index contributed by atoms with van der Waals surface area (Å²) >= 11 is 1.17. The van der Waals surface area contributed by atoms with Crippen LogP contribution in [-0.2, 0) is 22.7 Å². The molecule has 1 fully saturated rings. The van der Waals surface area contributed by atoms with Crippen LogP contribution in [0.1, 0.15) is 27.6 Å². The van der Waals surface area contributed by atoms with Crippen LogP contribution >= 0.6 is 11.3 Å². The first-order chi connectivity index (χ1) is 12.0. The van der Waals surface area contributed by atoms with Crippen molar-refractivity contribution in [3.05, 3.63) is 46.2 Å². The molecule has 3 heterocycles.